The van der Waals surface area contributed by atoms with Crippen molar-refractivity contribution in [1.29, 1.82) is 0 Å². The van der Waals surface area contributed by atoms with Crippen molar-refractivity contribution in [3.05, 3.63) is 136 Å². The van der Waals surface area contributed by atoms with Gasteiger partial charge in [0.15, 0.2) is 5.60 Å². The van der Waals surface area contributed by atoms with Crippen molar-refractivity contribution in [2.75, 3.05) is 5.32 Å². The normalized spacial score (nSPS) is 11.6. The van der Waals surface area contributed by atoms with Crippen LogP contribution in [0.25, 0.3) is 0 Å². The van der Waals surface area contributed by atoms with Gasteiger partial charge in [-0.05, 0) is 60.0 Å². The molecule has 4 rings (SSSR count). The molecule has 0 radical (unpaired) electrons. The maximum absolute atomic E-state index is 13.3. The average molecular weight is 498 g/mol. The van der Waals surface area contributed by atoms with Gasteiger partial charge in [0, 0.05) is 16.3 Å². The van der Waals surface area contributed by atoms with Crippen LogP contribution in [0, 0.1) is 0 Å². The monoisotopic (exact) mass is 497 g/mol. The lowest BCUT2D eigenvalue weighted by atomic mass is 9.85. The Morgan fingerprint density at radius 1 is 0.778 bits per heavy atom. The molecule has 0 spiro atoms. The molecule has 3 N–H and O–H groups in total. The van der Waals surface area contributed by atoms with Crippen LogP contribution in [0.1, 0.15) is 34.0 Å². The third kappa shape index (κ3) is 5.51. The Morgan fingerprint density at radius 2 is 1.36 bits per heavy atom. The van der Waals surface area contributed by atoms with Crippen LogP contribution in [0.15, 0.2) is 114 Å². The van der Waals surface area contributed by atoms with Crippen molar-refractivity contribution < 1.29 is 14.7 Å². The predicted molar refractivity (Wildman–Crippen MR) is 142 cm³/mol. The molecule has 4 aromatic carbocycles. The first kappa shape index (κ1) is 24.9. The summed E-state index contributed by atoms with van der Waals surface area (Å²) in [6, 6.07) is 31.1. The highest BCUT2D eigenvalue weighted by atomic mass is 35.5. The van der Waals surface area contributed by atoms with E-state index in [1.165, 1.54) is 0 Å². The van der Waals surface area contributed by atoms with Gasteiger partial charge in [0.25, 0.3) is 11.8 Å². The molecule has 4 aromatic rings. The Balaban J connectivity index is 1.53. The van der Waals surface area contributed by atoms with Crippen LogP contribution in [-0.4, -0.2) is 22.6 Å². The molecule has 0 aliphatic heterocycles. The number of anilines is 1. The fourth-order valence-corrected chi connectivity index (χ4v) is 3.82. The van der Waals surface area contributed by atoms with Crippen molar-refractivity contribution in [1.82, 2.24) is 5.43 Å². The van der Waals surface area contributed by atoms with Gasteiger partial charge in [0.05, 0.1) is 5.71 Å². The molecule has 0 unspecified atom stereocenters. The van der Waals surface area contributed by atoms with Gasteiger partial charge in [0.1, 0.15) is 0 Å². The largest absolute Gasteiger partial charge is 0.372 e. The van der Waals surface area contributed by atoms with Gasteiger partial charge in [-0.2, -0.15) is 5.10 Å². The number of aliphatic hydroxyl groups is 1. The zero-order valence-electron chi connectivity index (χ0n) is 19.5. The SMILES string of the molecule is CC(=NNC(=O)C(O)(c1ccccc1)c1ccccc1)c1cccc(NC(=O)c2ccc(Cl)cc2)c1. The Kier molecular flexibility index (Phi) is 7.59. The van der Waals surface area contributed by atoms with Crippen LogP contribution in [0.5, 0.6) is 0 Å². The molecule has 0 atom stereocenters. The van der Waals surface area contributed by atoms with Crippen molar-refractivity contribution in [2.45, 2.75) is 12.5 Å². The van der Waals surface area contributed by atoms with E-state index in [-0.39, 0.29) is 5.91 Å². The van der Waals surface area contributed by atoms with E-state index in [9.17, 15) is 14.7 Å². The molecule has 6 nitrogen and oxygen atoms in total. The second-order valence-electron chi connectivity index (χ2n) is 8.12. The Morgan fingerprint density at radius 3 is 1.94 bits per heavy atom. The van der Waals surface area contributed by atoms with Crippen LogP contribution in [0.2, 0.25) is 5.02 Å². The highest BCUT2D eigenvalue weighted by Gasteiger charge is 2.39. The predicted octanol–water partition coefficient (Wildman–Crippen LogP) is 5.37. The summed E-state index contributed by atoms with van der Waals surface area (Å²) >= 11 is 5.89. The molecule has 2 amide bonds. The van der Waals surface area contributed by atoms with E-state index in [2.05, 4.69) is 15.8 Å². The van der Waals surface area contributed by atoms with Crippen LogP contribution in [-0.2, 0) is 10.4 Å². The quantitative estimate of drug-likeness (QED) is 0.237. The highest BCUT2D eigenvalue weighted by Crippen LogP contribution is 2.30. The third-order valence-corrected chi connectivity index (χ3v) is 5.93. The number of nitrogens with zero attached hydrogens (tertiary/aromatic N) is 1. The summed E-state index contributed by atoms with van der Waals surface area (Å²) < 4.78 is 0. The summed E-state index contributed by atoms with van der Waals surface area (Å²) in [5.74, 6) is -0.964. The van der Waals surface area contributed by atoms with Gasteiger partial charge in [-0.15, -0.1) is 0 Å². The van der Waals surface area contributed by atoms with Gasteiger partial charge < -0.3 is 10.4 Å². The summed E-state index contributed by atoms with van der Waals surface area (Å²) in [6.07, 6.45) is 0. The Hall–Kier alpha value is -4.26. The second-order valence-corrected chi connectivity index (χ2v) is 8.56. The summed E-state index contributed by atoms with van der Waals surface area (Å²) in [4.78, 5) is 25.8. The molecule has 0 saturated heterocycles. The molecule has 0 fully saturated rings. The van der Waals surface area contributed by atoms with E-state index in [1.54, 1.807) is 97.9 Å². The molecular formula is C29H24ClN3O3. The molecular weight excluding hydrogens is 474 g/mol. The van der Waals surface area contributed by atoms with Crippen molar-refractivity contribution in [3.8, 4) is 0 Å². The first-order chi connectivity index (χ1) is 17.4. The summed E-state index contributed by atoms with van der Waals surface area (Å²) in [7, 11) is 0. The van der Waals surface area contributed by atoms with Crippen molar-refractivity contribution in [3.63, 3.8) is 0 Å². The molecule has 0 saturated carbocycles. The molecule has 36 heavy (non-hydrogen) atoms. The van der Waals surface area contributed by atoms with Gasteiger partial charge in [-0.3, -0.25) is 9.59 Å². The van der Waals surface area contributed by atoms with E-state index in [1.807, 2.05) is 18.2 Å². The number of hydrazone groups is 1. The first-order valence-corrected chi connectivity index (χ1v) is 11.6. The molecule has 180 valence electrons. The maximum Gasteiger partial charge on any atom is 0.281 e. The number of hydrogen-bond acceptors (Lipinski definition) is 4. The van der Waals surface area contributed by atoms with Crippen LogP contribution in [0.3, 0.4) is 0 Å². The number of nitrogens with one attached hydrogen (secondary N) is 2. The lowest BCUT2D eigenvalue weighted by Gasteiger charge is -2.27. The molecule has 0 aromatic heterocycles. The minimum absolute atomic E-state index is 0.275. The number of rotatable bonds is 7. The third-order valence-electron chi connectivity index (χ3n) is 5.68. The van der Waals surface area contributed by atoms with Gasteiger partial charge in [0.2, 0.25) is 0 Å². The number of carbonyl (C=O) groups is 2. The highest BCUT2D eigenvalue weighted by molar-refractivity contribution is 6.30. The van der Waals surface area contributed by atoms with Gasteiger partial charge in [-0.1, -0.05) is 84.4 Å². The standard InChI is InChI=1S/C29H24ClN3O3/c1-20(22-9-8-14-26(19-22)31-27(34)21-15-17-25(30)18-16-21)32-33-28(35)29(36,23-10-4-2-5-11-23)24-12-6-3-7-13-24/h2-19,36H,1H3,(H,31,34)(H,33,35). The van der Waals surface area contributed by atoms with E-state index in [4.69, 9.17) is 11.6 Å². The van der Waals surface area contributed by atoms with E-state index in [0.29, 0.717) is 38.7 Å². The lowest BCUT2D eigenvalue weighted by Crippen LogP contribution is -2.43. The minimum atomic E-state index is -1.93. The smallest absolute Gasteiger partial charge is 0.281 e. The number of amides is 2. The number of benzene rings is 4. The molecule has 0 heterocycles. The second kappa shape index (κ2) is 11.0. The van der Waals surface area contributed by atoms with Crippen molar-refractivity contribution in [2.24, 2.45) is 5.10 Å². The average Bonchev–Trinajstić information content (AvgIpc) is 2.92. The zero-order chi connectivity index (χ0) is 25.5. The summed E-state index contributed by atoms with van der Waals surface area (Å²) in [6.45, 7) is 1.73. The number of hydrogen-bond donors (Lipinski definition) is 3. The fraction of sp³-hybridized carbons (Fsp3) is 0.0690. The van der Waals surface area contributed by atoms with Gasteiger partial charge in [-0.25, -0.2) is 5.43 Å². The summed E-state index contributed by atoms with van der Waals surface area (Å²) in [5.41, 5.74) is 3.65. The lowest BCUT2D eigenvalue weighted by molar-refractivity contribution is -0.136. The molecule has 0 aliphatic carbocycles. The van der Waals surface area contributed by atoms with Crippen molar-refractivity contribution >= 4 is 34.8 Å². The van der Waals surface area contributed by atoms with Crippen LogP contribution < -0.4 is 10.7 Å². The van der Waals surface area contributed by atoms with Crippen LogP contribution >= 0.6 is 11.6 Å². The van der Waals surface area contributed by atoms with Crippen LogP contribution in [0.4, 0.5) is 5.69 Å². The topological polar surface area (TPSA) is 90.8 Å². The maximum atomic E-state index is 13.3. The molecule has 7 heteroatoms. The Labute approximate surface area is 214 Å². The fourth-order valence-electron chi connectivity index (χ4n) is 3.69. The molecule has 0 aliphatic rings. The molecule has 0 bridgehead atoms. The van der Waals surface area contributed by atoms with E-state index >= 15 is 0 Å². The summed E-state index contributed by atoms with van der Waals surface area (Å²) in [5, 5.41) is 19.2. The number of halogens is 1. The zero-order valence-corrected chi connectivity index (χ0v) is 20.2. The number of carbonyl (C=O) groups excluding carboxylic acids is 2. The van der Waals surface area contributed by atoms with Gasteiger partial charge >= 0.3 is 0 Å². The van der Waals surface area contributed by atoms with E-state index in [0.717, 1.165) is 0 Å². The Bertz CT molecular complexity index is 1350. The minimum Gasteiger partial charge on any atom is -0.372 e. The van der Waals surface area contributed by atoms with E-state index < -0.39 is 11.5 Å². The first-order valence-electron chi connectivity index (χ1n) is 11.2.